The predicted molar refractivity (Wildman–Crippen MR) is 110 cm³/mol. The van der Waals surface area contributed by atoms with Crippen molar-refractivity contribution in [3.05, 3.63) is 65.2 Å². The summed E-state index contributed by atoms with van der Waals surface area (Å²) in [6, 6.07) is 16.3. The Bertz CT molecular complexity index is 924. The molecule has 29 heavy (non-hydrogen) atoms. The second kappa shape index (κ2) is 6.90. The standard InChI is InChI=1S/C24H26N2O3/c1-29-21-8-6-18(7-9-21)24(10-11-24)23(28)25-19-14-22(27)26(15-19)20-12-16-4-2-3-5-17(16)13-20/h2-9,19-20H,10-15H2,1H3,(H,25,28)/t19-/m1/s1. The fraction of sp³-hybridized carbons (Fsp3) is 0.417. The molecule has 2 aromatic rings. The number of amides is 2. The van der Waals surface area contributed by atoms with Gasteiger partial charge >= 0.3 is 0 Å². The van der Waals surface area contributed by atoms with Crippen molar-refractivity contribution in [1.29, 1.82) is 0 Å². The molecule has 3 aliphatic rings. The lowest BCUT2D eigenvalue weighted by Crippen LogP contribution is -2.44. The number of ether oxygens (including phenoxy) is 1. The first kappa shape index (κ1) is 18.2. The zero-order valence-electron chi connectivity index (χ0n) is 16.7. The normalized spacial score (nSPS) is 22.4. The van der Waals surface area contributed by atoms with Crippen molar-refractivity contribution in [2.24, 2.45) is 0 Å². The Balaban J connectivity index is 1.24. The minimum atomic E-state index is -0.438. The molecule has 0 bridgehead atoms. The number of carbonyl (C=O) groups is 2. The highest BCUT2D eigenvalue weighted by molar-refractivity contribution is 5.92. The van der Waals surface area contributed by atoms with Crippen LogP contribution in [0.2, 0.25) is 0 Å². The molecule has 150 valence electrons. The molecule has 5 nitrogen and oxygen atoms in total. The quantitative estimate of drug-likeness (QED) is 0.854. The minimum Gasteiger partial charge on any atom is -0.497 e. The molecule has 1 heterocycles. The summed E-state index contributed by atoms with van der Waals surface area (Å²) < 4.78 is 5.22. The van der Waals surface area contributed by atoms with Crippen molar-refractivity contribution in [1.82, 2.24) is 10.2 Å². The minimum absolute atomic E-state index is 0.0528. The van der Waals surface area contributed by atoms with Crippen LogP contribution < -0.4 is 10.1 Å². The van der Waals surface area contributed by atoms with Crippen LogP contribution in [0.5, 0.6) is 5.75 Å². The van der Waals surface area contributed by atoms with Gasteiger partial charge < -0.3 is 15.0 Å². The number of nitrogens with one attached hydrogen (secondary N) is 1. The topological polar surface area (TPSA) is 58.6 Å². The number of nitrogens with zero attached hydrogens (tertiary/aromatic N) is 1. The zero-order chi connectivity index (χ0) is 20.0. The highest BCUT2D eigenvalue weighted by Gasteiger charge is 2.52. The summed E-state index contributed by atoms with van der Waals surface area (Å²) in [6.07, 6.45) is 3.94. The van der Waals surface area contributed by atoms with Crippen LogP contribution in [0.15, 0.2) is 48.5 Å². The van der Waals surface area contributed by atoms with E-state index in [1.807, 2.05) is 29.2 Å². The molecule has 1 atom stereocenters. The number of rotatable bonds is 5. The van der Waals surface area contributed by atoms with E-state index < -0.39 is 5.41 Å². The Morgan fingerprint density at radius 1 is 1.03 bits per heavy atom. The van der Waals surface area contributed by atoms with Crippen molar-refractivity contribution in [3.8, 4) is 5.75 Å². The van der Waals surface area contributed by atoms with Gasteiger partial charge in [-0.2, -0.15) is 0 Å². The smallest absolute Gasteiger partial charge is 0.230 e. The molecule has 2 aliphatic carbocycles. The molecule has 2 amide bonds. The van der Waals surface area contributed by atoms with Gasteiger partial charge in [0.25, 0.3) is 0 Å². The first-order valence-electron chi connectivity index (χ1n) is 10.4. The van der Waals surface area contributed by atoms with Gasteiger partial charge in [0.1, 0.15) is 5.75 Å². The molecule has 1 saturated carbocycles. The molecule has 5 rings (SSSR count). The molecular formula is C24H26N2O3. The van der Waals surface area contributed by atoms with E-state index in [0.29, 0.717) is 13.0 Å². The van der Waals surface area contributed by atoms with E-state index >= 15 is 0 Å². The highest BCUT2D eigenvalue weighted by Crippen LogP contribution is 2.49. The van der Waals surface area contributed by atoms with E-state index in [0.717, 1.165) is 37.0 Å². The van der Waals surface area contributed by atoms with E-state index in [2.05, 4.69) is 29.6 Å². The summed E-state index contributed by atoms with van der Waals surface area (Å²) in [5.41, 5.74) is 3.28. The maximum absolute atomic E-state index is 13.1. The second-order valence-electron chi connectivity index (χ2n) is 8.56. The van der Waals surface area contributed by atoms with Crippen molar-refractivity contribution in [3.63, 3.8) is 0 Å². The lowest BCUT2D eigenvalue weighted by atomic mass is 9.94. The summed E-state index contributed by atoms with van der Waals surface area (Å²) >= 11 is 0. The van der Waals surface area contributed by atoms with Gasteiger partial charge in [-0.1, -0.05) is 36.4 Å². The van der Waals surface area contributed by atoms with Crippen LogP contribution in [-0.4, -0.2) is 42.5 Å². The number of methoxy groups -OCH3 is 1. The monoisotopic (exact) mass is 390 g/mol. The Morgan fingerprint density at radius 2 is 1.69 bits per heavy atom. The number of hydrogen-bond donors (Lipinski definition) is 1. The molecule has 2 aromatic carbocycles. The average Bonchev–Trinajstić information content (AvgIpc) is 3.31. The van der Waals surface area contributed by atoms with Crippen LogP contribution in [0.25, 0.3) is 0 Å². The molecule has 0 spiro atoms. The summed E-state index contributed by atoms with van der Waals surface area (Å²) in [4.78, 5) is 27.7. The maximum atomic E-state index is 13.1. The van der Waals surface area contributed by atoms with Gasteiger partial charge in [-0.25, -0.2) is 0 Å². The largest absolute Gasteiger partial charge is 0.497 e. The fourth-order valence-corrected chi connectivity index (χ4v) is 4.94. The first-order valence-corrected chi connectivity index (χ1v) is 10.4. The number of hydrogen-bond acceptors (Lipinski definition) is 3. The first-order chi connectivity index (χ1) is 14.1. The third-order valence-corrected chi connectivity index (χ3v) is 6.79. The van der Waals surface area contributed by atoms with Crippen molar-refractivity contribution in [2.45, 2.75) is 49.6 Å². The summed E-state index contributed by atoms with van der Waals surface area (Å²) in [5.74, 6) is 0.999. The average molecular weight is 390 g/mol. The summed E-state index contributed by atoms with van der Waals surface area (Å²) in [7, 11) is 1.64. The van der Waals surface area contributed by atoms with E-state index in [9.17, 15) is 9.59 Å². The van der Waals surface area contributed by atoms with Crippen LogP contribution in [0.1, 0.15) is 36.0 Å². The van der Waals surface area contributed by atoms with E-state index in [1.165, 1.54) is 11.1 Å². The number of benzene rings is 2. The van der Waals surface area contributed by atoms with Crippen molar-refractivity contribution >= 4 is 11.8 Å². The Hall–Kier alpha value is -2.82. The van der Waals surface area contributed by atoms with Crippen LogP contribution in [0.4, 0.5) is 0 Å². The number of likely N-dealkylation sites (tertiary alicyclic amines) is 1. The molecule has 1 N–H and O–H groups in total. The Morgan fingerprint density at radius 3 is 2.28 bits per heavy atom. The summed E-state index contributed by atoms with van der Waals surface area (Å²) in [5, 5.41) is 3.18. The van der Waals surface area contributed by atoms with Gasteiger partial charge in [-0.05, 0) is 54.5 Å². The van der Waals surface area contributed by atoms with E-state index in [4.69, 9.17) is 4.74 Å². The van der Waals surface area contributed by atoms with Gasteiger partial charge in [-0.15, -0.1) is 0 Å². The molecule has 0 aromatic heterocycles. The van der Waals surface area contributed by atoms with Gasteiger partial charge in [0, 0.05) is 19.0 Å². The molecular weight excluding hydrogens is 364 g/mol. The highest BCUT2D eigenvalue weighted by atomic mass is 16.5. The number of carbonyl (C=O) groups excluding carboxylic acids is 2. The SMILES string of the molecule is COc1ccc(C2(C(=O)N[C@@H]3CC(=O)N(C4Cc5ccccc5C4)C3)CC2)cc1. The lowest BCUT2D eigenvalue weighted by molar-refractivity contribution is -0.129. The van der Waals surface area contributed by atoms with Gasteiger partial charge in [0.15, 0.2) is 0 Å². The van der Waals surface area contributed by atoms with Crippen LogP contribution in [-0.2, 0) is 27.8 Å². The van der Waals surface area contributed by atoms with Gasteiger partial charge in [0.05, 0.1) is 18.6 Å². The number of fused-ring (bicyclic) bond motifs is 1. The predicted octanol–water partition coefficient (Wildman–Crippen LogP) is 2.61. The zero-order valence-corrected chi connectivity index (χ0v) is 16.7. The van der Waals surface area contributed by atoms with Crippen LogP contribution in [0.3, 0.4) is 0 Å². The van der Waals surface area contributed by atoms with Gasteiger partial charge in [0.2, 0.25) is 11.8 Å². The third-order valence-electron chi connectivity index (χ3n) is 6.79. The third kappa shape index (κ3) is 3.18. The molecule has 0 radical (unpaired) electrons. The van der Waals surface area contributed by atoms with E-state index in [1.54, 1.807) is 7.11 Å². The molecule has 2 fully saturated rings. The van der Waals surface area contributed by atoms with Crippen LogP contribution in [0, 0.1) is 0 Å². The fourth-order valence-electron chi connectivity index (χ4n) is 4.94. The van der Waals surface area contributed by atoms with Crippen molar-refractivity contribution < 1.29 is 14.3 Å². The lowest BCUT2D eigenvalue weighted by Gasteiger charge is -2.25. The van der Waals surface area contributed by atoms with Crippen molar-refractivity contribution in [2.75, 3.05) is 13.7 Å². The van der Waals surface area contributed by atoms with Gasteiger partial charge in [-0.3, -0.25) is 9.59 Å². The molecule has 1 aliphatic heterocycles. The Kier molecular flexibility index (Phi) is 4.34. The van der Waals surface area contributed by atoms with E-state index in [-0.39, 0.29) is 23.9 Å². The molecule has 5 heteroatoms. The molecule has 1 saturated heterocycles. The summed E-state index contributed by atoms with van der Waals surface area (Å²) in [6.45, 7) is 0.613. The second-order valence-corrected chi connectivity index (χ2v) is 8.56. The molecule has 0 unspecified atom stereocenters. The van der Waals surface area contributed by atoms with Crippen LogP contribution >= 0.6 is 0 Å². The maximum Gasteiger partial charge on any atom is 0.230 e. The Labute approximate surface area is 171 Å².